The number of hydrogen-bond acceptors (Lipinski definition) is 8. The maximum absolute atomic E-state index is 9.87. The third-order valence-corrected chi connectivity index (χ3v) is 3.23. The van der Waals surface area contributed by atoms with Gasteiger partial charge in [-0.2, -0.15) is 23.5 Å². The molecule has 0 radical (unpaired) electrons. The second-order valence-electron chi connectivity index (χ2n) is 3.14. The van der Waals surface area contributed by atoms with Crippen LogP contribution in [-0.2, 0) is 19.2 Å². The smallest absolute Gasteiger partial charge is 0.549 e. The third-order valence-electron chi connectivity index (χ3n) is 1.36. The Bertz CT molecular complexity index is 273. The Labute approximate surface area is 145 Å². The number of carbonyl (C=O) groups is 4. The largest absolute Gasteiger partial charge is 2.00 e. The molecule has 0 spiro atoms. The molecule has 0 heterocycles. The molecule has 0 saturated heterocycles. The van der Waals surface area contributed by atoms with E-state index in [1.165, 1.54) is 0 Å². The third kappa shape index (κ3) is 32.7. The van der Waals surface area contributed by atoms with Crippen molar-refractivity contribution in [2.75, 3.05) is 23.0 Å². The summed E-state index contributed by atoms with van der Waals surface area (Å²) in [5.41, 5.74) is 0. The van der Waals surface area contributed by atoms with Crippen molar-refractivity contribution in [1.29, 1.82) is 0 Å². The Balaban J connectivity index is -0.000000295. The summed E-state index contributed by atoms with van der Waals surface area (Å²) in [5, 5.41) is 35.7. The minimum absolute atomic E-state index is 0. The van der Waals surface area contributed by atoms with Crippen molar-refractivity contribution < 1.29 is 39.6 Å². The van der Waals surface area contributed by atoms with Crippen molar-refractivity contribution in [2.24, 2.45) is 0 Å². The van der Waals surface area contributed by atoms with Gasteiger partial charge in [0.05, 0.1) is 24.8 Å². The average molecular weight is 351 g/mol. The Hall–Kier alpha value is -0.654. The molecule has 0 aliphatic carbocycles. The molecule has 0 aromatic heterocycles. The van der Waals surface area contributed by atoms with Crippen molar-refractivity contribution >= 4 is 70.5 Å². The molecular weight excluding hydrogens is 337 g/mol. The summed E-state index contributed by atoms with van der Waals surface area (Å²) >= 11 is 2.09. The van der Waals surface area contributed by atoms with Gasteiger partial charge in [-0.25, -0.2) is 0 Å². The van der Waals surface area contributed by atoms with Gasteiger partial charge in [-0.15, -0.1) is 0 Å². The number of carbonyl (C=O) groups excluding carboxylic acids is 2. The number of carboxylic acid groups (broad SMARTS) is 4. The van der Waals surface area contributed by atoms with E-state index >= 15 is 0 Å². The number of rotatable bonds is 10. The predicted molar refractivity (Wildman–Crippen MR) is 74.9 cm³/mol. The van der Waals surface area contributed by atoms with E-state index in [0.717, 1.165) is 23.5 Å². The van der Waals surface area contributed by atoms with Crippen molar-refractivity contribution in [2.45, 2.75) is 12.8 Å². The van der Waals surface area contributed by atoms with E-state index in [0.29, 0.717) is 11.5 Å². The first kappa shape index (κ1) is 25.3. The molecule has 8 nitrogen and oxygen atoms in total. The van der Waals surface area contributed by atoms with Gasteiger partial charge in [-0.1, -0.05) is 0 Å². The second kappa shape index (κ2) is 17.4. The number of aliphatic carboxylic acids is 4. The van der Waals surface area contributed by atoms with Crippen LogP contribution in [-0.4, -0.2) is 80.2 Å². The van der Waals surface area contributed by atoms with Crippen LogP contribution in [0.15, 0.2) is 0 Å². The molecule has 0 aliphatic rings. The minimum atomic E-state index is -1.16. The van der Waals surface area contributed by atoms with Gasteiger partial charge in [-0.05, 0) is 0 Å². The summed E-state index contributed by atoms with van der Waals surface area (Å²) in [4.78, 5) is 39.3. The summed E-state index contributed by atoms with van der Waals surface area (Å²) in [6, 6.07) is 0. The van der Waals surface area contributed by atoms with Crippen LogP contribution in [0.1, 0.15) is 12.8 Å². The van der Waals surface area contributed by atoms with Crippen LogP contribution in [0.25, 0.3) is 0 Å². The molecular formula is C10H14MgO8S2. The van der Waals surface area contributed by atoms with E-state index in [4.69, 9.17) is 10.2 Å². The molecule has 11 heteroatoms. The van der Waals surface area contributed by atoms with E-state index in [1.807, 2.05) is 0 Å². The Kier molecular flexibility index (Phi) is 21.0. The zero-order valence-corrected chi connectivity index (χ0v) is 14.2. The average Bonchev–Trinajstić information content (AvgIpc) is 2.30. The van der Waals surface area contributed by atoms with Crippen LogP contribution in [0.3, 0.4) is 0 Å². The van der Waals surface area contributed by atoms with Crippen molar-refractivity contribution in [3.63, 3.8) is 0 Å². The fourth-order valence-corrected chi connectivity index (χ4v) is 1.89. The van der Waals surface area contributed by atoms with Crippen LogP contribution in [0.4, 0.5) is 0 Å². The Morgan fingerprint density at radius 2 is 1.05 bits per heavy atom. The van der Waals surface area contributed by atoms with Crippen molar-refractivity contribution in [3.8, 4) is 0 Å². The van der Waals surface area contributed by atoms with E-state index in [2.05, 4.69) is 0 Å². The minimum Gasteiger partial charge on any atom is -0.549 e. The molecule has 0 unspecified atom stereocenters. The van der Waals surface area contributed by atoms with Gasteiger partial charge >= 0.3 is 35.0 Å². The van der Waals surface area contributed by atoms with Gasteiger partial charge in [0.2, 0.25) is 0 Å². The zero-order chi connectivity index (χ0) is 16.0. The summed E-state index contributed by atoms with van der Waals surface area (Å²) in [7, 11) is 0. The quantitative estimate of drug-likeness (QED) is 0.319. The Morgan fingerprint density at radius 3 is 1.24 bits per heavy atom. The monoisotopic (exact) mass is 350 g/mol. The predicted octanol–water partition coefficient (Wildman–Crippen LogP) is -2.49. The van der Waals surface area contributed by atoms with Gasteiger partial charge in [-0.3, -0.25) is 9.59 Å². The topological polar surface area (TPSA) is 155 Å². The van der Waals surface area contributed by atoms with Crippen LogP contribution in [0.5, 0.6) is 0 Å². The summed E-state index contributed by atoms with van der Waals surface area (Å²) in [6.45, 7) is 0. The standard InChI is InChI=1S/2C5H8O4S.Mg/c2*6-4(7)1-2-10-3-5(8)9;/h2*1-3H2,(H,6,7)(H,8,9);/q;;+2/p-2. The first-order valence-corrected chi connectivity index (χ1v) is 7.55. The molecule has 0 aromatic rings. The van der Waals surface area contributed by atoms with Gasteiger partial charge in [0.25, 0.3) is 0 Å². The molecule has 0 bridgehead atoms. The van der Waals surface area contributed by atoms with Crippen molar-refractivity contribution in [3.05, 3.63) is 0 Å². The summed E-state index contributed by atoms with van der Waals surface area (Å²) < 4.78 is 0. The molecule has 0 rings (SSSR count). The van der Waals surface area contributed by atoms with Crippen LogP contribution >= 0.6 is 23.5 Å². The second-order valence-corrected chi connectivity index (χ2v) is 5.35. The molecule has 2 N–H and O–H groups in total. The maximum Gasteiger partial charge on any atom is 2.00 e. The normalized spacial score (nSPS) is 8.76. The number of thioether (sulfide) groups is 2. The summed E-state index contributed by atoms with van der Waals surface area (Å²) in [5.74, 6) is -3.75. The van der Waals surface area contributed by atoms with Gasteiger partial charge < -0.3 is 30.0 Å². The van der Waals surface area contributed by atoms with Gasteiger partial charge in [0.1, 0.15) is 0 Å². The van der Waals surface area contributed by atoms with Gasteiger partial charge in [0.15, 0.2) is 0 Å². The number of carboxylic acids is 4. The van der Waals surface area contributed by atoms with Crippen molar-refractivity contribution in [1.82, 2.24) is 0 Å². The van der Waals surface area contributed by atoms with E-state index in [-0.39, 0.29) is 47.4 Å². The zero-order valence-electron chi connectivity index (χ0n) is 11.1. The maximum atomic E-state index is 9.87. The van der Waals surface area contributed by atoms with Crippen LogP contribution in [0.2, 0.25) is 0 Å². The first-order chi connectivity index (χ1) is 9.25. The molecule has 0 fully saturated rings. The molecule has 21 heavy (non-hydrogen) atoms. The number of hydrogen-bond donors (Lipinski definition) is 2. The molecule has 0 aliphatic heterocycles. The SMILES string of the molecule is O=C([O-])CSCCC(=O)O.O=C([O-])CSCCC(=O)O.[Mg+2]. The van der Waals surface area contributed by atoms with E-state index in [1.54, 1.807) is 0 Å². The van der Waals surface area contributed by atoms with Crippen LogP contribution in [0, 0.1) is 0 Å². The fourth-order valence-electron chi connectivity index (χ4n) is 0.630. The molecule has 0 amide bonds. The first-order valence-electron chi connectivity index (χ1n) is 5.24. The molecule has 0 saturated carbocycles. The summed E-state index contributed by atoms with van der Waals surface area (Å²) in [6.07, 6.45) is -0.00407. The van der Waals surface area contributed by atoms with Crippen LogP contribution < -0.4 is 10.2 Å². The molecule has 116 valence electrons. The fraction of sp³-hybridized carbons (Fsp3) is 0.600. The van der Waals surface area contributed by atoms with E-state index < -0.39 is 23.9 Å². The Morgan fingerprint density at radius 1 is 0.762 bits per heavy atom. The molecule has 0 aromatic carbocycles. The van der Waals surface area contributed by atoms with E-state index in [9.17, 15) is 29.4 Å². The molecule has 0 atom stereocenters. The van der Waals surface area contributed by atoms with Gasteiger partial charge in [0, 0.05) is 23.0 Å².